The van der Waals surface area contributed by atoms with E-state index in [0.29, 0.717) is 21.4 Å². The molecule has 0 aliphatic carbocycles. The van der Waals surface area contributed by atoms with Crippen LogP contribution >= 0.6 is 22.9 Å². The monoisotopic (exact) mass is 452 g/mol. The SMILES string of the molecule is COC(=O)c1c(C)oc(NC(=O)/C=C/c2ccc(Cl)cc2)c1-c1nc2ccccc2s1. The van der Waals surface area contributed by atoms with Crippen molar-refractivity contribution >= 4 is 57.0 Å². The van der Waals surface area contributed by atoms with E-state index in [0.717, 1.165) is 15.8 Å². The topological polar surface area (TPSA) is 81.4 Å². The fourth-order valence-electron chi connectivity index (χ4n) is 3.06. The van der Waals surface area contributed by atoms with Crippen LogP contribution in [0, 0.1) is 6.92 Å². The first-order valence-electron chi connectivity index (χ1n) is 9.28. The minimum atomic E-state index is -0.562. The van der Waals surface area contributed by atoms with Crippen LogP contribution in [0.4, 0.5) is 5.88 Å². The first-order chi connectivity index (χ1) is 15.0. The number of hydrogen-bond acceptors (Lipinski definition) is 6. The van der Waals surface area contributed by atoms with Crippen LogP contribution in [0.25, 0.3) is 26.9 Å². The predicted octanol–water partition coefficient (Wildman–Crippen LogP) is 5.96. The van der Waals surface area contributed by atoms with Crippen molar-refractivity contribution in [2.24, 2.45) is 0 Å². The number of furan rings is 1. The fraction of sp³-hybridized carbons (Fsp3) is 0.0870. The van der Waals surface area contributed by atoms with Crippen molar-refractivity contribution in [3.8, 4) is 10.6 Å². The number of fused-ring (bicyclic) bond motifs is 1. The van der Waals surface area contributed by atoms with Crippen LogP contribution < -0.4 is 5.32 Å². The quantitative estimate of drug-likeness (QED) is 0.298. The number of nitrogens with zero attached hydrogens (tertiary/aromatic N) is 1. The molecule has 0 radical (unpaired) electrons. The number of para-hydroxylation sites is 1. The molecule has 0 saturated carbocycles. The lowest BCUT2D eigenvalue weighted by atomic mass is 10.1. The maximum absolute atomic E-state index is 12.6. The number of esters is 1. The van der Waals surface area contributed by atoms with Gasteiger partial charge in [0.25, 0.3) is 5.91 Å². The van der Waals surface area contributed by atoms with Crippen LogP contribution in [0.15, 0.2) is 59.0 Å². The zero-order chi connectivity index (χ0) is 22.0. The van der Waals surface area contributed by atoms with Gasteiger partial charge in [-0.3, -0.25) is 10.1 Å². The number of halogens is 1. The molecule has 4 rings (SSSR count). The molecule has 156 valence electrons. The lowest BCUT2D eigenvalue weighted by molar-refractivity contribution is -0.111. The highest BCUT2D eigenvalue weighted by Gasteiger charge is 2.28. The second-order valence-electron chi connectivity index (χ2n) is 6.59. The van der Waals surface area contributed by atoms with E-state index in [4.69, 9.17) is 20.8 Å². The Morgan fingerprint density at radius 1 is 1.16 bits per heavy atom. The molecule has 0 saturated heterocycles. The minimum Gasteiger partial charge on any atom is -0.465 e. The van der Waals surface area contributed by atoms with Crippen molar-refractivity contribution in [3.05, 3.63) is 76.5 Å². The zero-order valence-corrected chi connectivity index (χ0v) is 18.2. The van der Waals surface area contributed by atoms with Gasteiger partial charge in [0.1, 0.15) is 16.3 Å². The number of aromatic nitrogens is 1. The van der Waals surface area contributed by atoms with Crippen LogP contribution in [-0.4, -0.2) is 24.0 Å². The Balaban J connectivity index is 1.71. The lowest BCUT2D eigenvalue weighted by Crippen LogP contribution is -2.09. The number of amides is 1. The third kappa shape index (κ3) is 4.38. The molecule has 0 aliphatic heterocycles. The van der Waals surface area contributed by atoms with Gasteiger partial charge >= 0.3 is 5.97 Å². The summed E-state index contributed by atoms with van der Waals surface area (Å²) in [7, 11) is 1.30. The average molecular weight is 453 g/mol. The summed E-state index contributed by atoms with van der Waals surface area (Å²) >= 11 is 7.28. The van der Waals surface area contributed by atoms with E-state index in [1.807, 2.05) is 24.3 Å². The van der Waals surface area contributed by atoms with Crippen molar-refractivity contribution in [1.82, 2.24) is 4.98 Å². The molecule has 0 bridgehead atoms. The number of carbonyl (C=O) groups excluding carboxylic acids is 2. The smallest absolute Gasteiger partial charge is 0.342 e. The first-order valence-corrected chi connectivity index (χ1v) is 10.5. The van der Waals surface area contributed by atoms with Gasteiger partial charge in [-0.25, -0.2) is 9.78 Å². The number of nitrogens with one attached hydrogen (secondary N) is 1. The molecule has 2 aromatic carbocycles. The van der Waals surface area contributed by atoms with E-state index >= 15 is 0 Å². The molecule has 0 fully saturated rings. The molecule has 0 atom stereocenters. The molecule has 1 N–H and O–H groups in total. The van der Waals surface area contributed by atoms with Crippen LogP contribution in [0.3, 0.4) is 0 Å². The number of methoxy groups -OCH3 is 1. The Morgan fingerprint density at radius 2 is 1.90 bits per heavy atom. The summed E-state index contributed by atoms with van der Waals surface area (Å²) in [6.07, 6.45) is 3.03. The number of rotatable bonds is 5. The minimum absolute atomic E-state index is 0.141. The molecule has 31 heavy (non-hydrogen) atoms. The summed E-state index contributed by atoms with van der Waals surface area (Å²) < 4.78 is 11.6. The van der Waals surface area contributed by atoms with E-state index in [2.05, 4.69) is 10.3 Å². The summed E-state index contributed by atoms with van der Waals surface area (Å²) in [6, 6.07) is 14.7. The second-order valence-corrected chi connectivity index (χ2v) is 8.06. The third-order valence-electron chi connectivity index (χ3n) is 4.52. The van der Waals surface area contributed by atoms with Gasteiger partial charge in [0.05, 0.1) is 22.9 Å². The predicted molar refractivity (Wildman–Crippen MR) is 123 cm³/mol. The molecule has 0 unspecified atom stereocenters. The van der Waals surface area contributed by atoms with Crippen LogP contribution in [0.5, 0.6) is 0 Å². The van der Waals surface area contributed by atoms with Gasteiger partial charge in [0.2, 0.25) is 5.88 Å². The molecule has 8 heteroatoms. The van der Waals surface area contributed by atoms with Gasteiger partial charge in [-0.05, 0) is 42.8 Å². The second kappa shape index (κ2) is 8.75. The Kier molecular flexibility index (Phi) is 5.88. The summed E-state index contributed by atoms with van der Waals surface area (Å²) in [5.74, 6) is -0.504. The first kappa shape index (κ1) is 20.8. The van der Waals surface area contributed by atoms with Crippen LogP contribution in [0.1, 0.15) is 21.7 Å². The Labute approximate surface area is 187 Å². The van der Waals surface area contributed by atoms with Gasteiger partial charge in [-0.2, -0.15) is 0 Å². The van der Waals surface area contributed by atoms with E-state index < -0.39 is 11.9 Å². The summed E-state index contributed by atoms with van der Waals surface area (Å²) in [6.45, 7) is 1.64. The molecule has 0 spiro atoms. The number of carbonyl (C=O) groups is 2. The van der Waals surface area contributed by atoms with E-state index in [1.165, 1.54) is 24.5 Å². The number of hydrogen-bond donors (Lipinski definition) is 1. The lowest BCUT2D eigenvalue weighted by Gasteiger charge is -2.03. The van der Waals surface area contributed by atoms with Crippen molar-refractivity contribution in [2.45, 2.75) is 6.92 Å². The number of benzene rings is 2. The summed E-state index contributed by atoms with van der Waals surface area (Å²) in [5.41, 5.74) is 2.24. The molecule has 6 nitrogen and oxygen atoms in total. The van der Waals surface area contributed by atoms with E-state index in [-0.39, 0.29) is 11.4 Å². The summed E-state index contributed by atoms with van der Waals surface area (Å²) in [4.78, 5) is 29.6. The summed E-state index contributed by atoms with van der Waals surface area (Å²) in [5, 5.41) is 3.88. The maximum Gasteiger partial charge on any atom is 0.342 e. The molecular weight excluding hydrogens is 436 g/mol. The Hall–Kier alpha value is -3.42. The largest absolute Gasteiger partial charge is 0.465 e. The number of aryl methyl sites for hydroxylation is 1. The van der Waals surface area contributed by atoms with Gasteiger partial charge in [0, 0.05) is 11.1 Å². The van der Waals surface area contributed by atoms with Crippen LogP contribution in [-0.2, 0) is 9.53 Å². The highest BCUT2D eigenvalue weighted by molar-refractivity contribution is 7.21. The highest BCUT2D eigenvalue weighted by atomic mass is 35.5. The Morgan fingerprint density at radius 3 is 2.61 bits per heavy atom. The van der Waals surface area contributed by atoms with Gasteiger partial charge in [-0.1, -0.05) is 35.9 Å². The molecule has 2 aromatic heterocycles. The van der Waals surface area contributed by atoms with E-state index in [9.17, 15) is 9.59 Å². The van der Waals surface area contributed by atoms with Crippen molar-refractivity contribution in [3.63, 3.8) is 0 Å². The molecule has 4 aromatic rings. The molecule has 2 heterocycles. The van der Waals surface area contributed by atoms with Gasteiger partial charge < -0.3 is 9.15 Å². The average Bonchev–Trinajstić information content (AvgIpc) is 3.33. The van der Waals surface area contributed by atoms with Crippen molar-refractivity contribution in [2.75, 3.05) is 12.4 Å². The third-order valence-corrected chi connectivity index (χ3v) is 5.82. The van der Waals surface area contributed by atoms with Crippen LogP contribution in [0.2, 0.25) is 5.02 Å². The Bertz CT molecular complexity index is 1270. The van der Waals surface area contributed by atoms with Crippen molar-refractivity contribution < 1.29 is 18.7 Å². The normalized spacial score (nSPS) is 11.2. The van der Waals surface area contributed by atoms with Crippen molar-refractivity contribution in [1.29, 1.82) is 0 Å². The van der Waals surface area contributed by atoms with E-state index in [1.54, 1.807) is 37.3 Å². The number of ether oxygens (including phenoxy) is 1. The number of anilines is 1. The standard InChI is InChI=1S/C23H17ClN2O4S/c1-13-19(23(28)29-2)20(22-25-16-5-3-4-6-17(16)31-22)21(30-13)26-18(27)12-9-14-7-10-15(24)11-8-14/h3-12H,1-2H3,(H,26,27)/b12-9+. The van der Waals surface area contributed by atoms with Gasteiger partial charge in [0.15, 0.2) is 0 Å². The maximum atomic E-state index is 12.6. The van der Waals surface area contributed by atoms with Gasteiger partial charge in [-0.15, -0.1) is 11.3 Å². The highest BCUT2D eigenvalue weighted by Crippen LogP contribution is 2.40. The molecule has 0 aliphatic rings. The molecular formula is C23H17ClN2O4S. The molecule has 1 amide bonds. The zero-order valence-electron chi connectivity index (χ0n) is 16.6. The fourth-order valence-corrected chi connectivity index (χ4v) is 4.20. The number of thiazole rings is 1.